The Morgan fingerprint density at radius 1 is 1.20 bits per heavy atom. The molecule has 3 heteroatoms. The summed E-state index contributed by atoms with van der Waals surface area (Å²) in [5, 5.41) is 3.64. The lowest BCUT2D eigenvalue weighted by atomic mass is 9.94. The third-order valence-electron chi connectivity index (χ3n) is 4.84. The molecule has 3 atom stereocenters. The minimum atomic E-state index is 0.0568. The zero-order valence-electron chi connectivity index (χ0n) is 12.2. The molecule has 2 fully saturated rings. The quantitative estimate of drug-likeness (QED) is 0.911. The van der Waals surface area contributed by atoms with Gasteiger partial charge >= 0.3 is 0 Å². The molecule has 1 saturated carbocycles. The van der Waals surface area contributed by atoms with Crippen LogP contribution in [-0.2, 0) is 11.2 Å². The molecule has 3 nitrogen and oxygen atoms in total. The minimum Gasteiger partial charge on any atom is -0.344 e. The number of carbonyl (C=O) groups is 1. The van der Waals surface area contributed by atoms with E-state index in [1.807, 2.05) is 11.9 Å². The number of nitrogens with one attached hydrogen (secondary N) is 1. The highest BCUT2D eigenvalue weighted by molar-refractivity contribution is 5.83. The maximum Gasteiger partial charge on any atom is 0.239 e. The molecular formula is C17H24N2O. The van der Waals surface area contributed by atoms with Crippen molar-refractivity contribution in [2.45, 2.75) is 44.2 Å². The van der Waals surface area contributed by atoms with E-state index in [-0.39, 0.29) is 11.9 Å². The van der Waals surface area contributed by atoms with Crippen molar-refractivity contribution in [3.8, 4) is 0 Å². The molecule has 0 unspecified atom stereocenters. The molecule has 1 aromatic carbocycles. The topological polar surface area (TPSA) is 32.3 Å². The highest BCUT2D eigenvalue weighted by Crippen LogP contribution is 2.30. The number of amides is 1. The van der Waals surface area contributed by atoms with E-state index in [0.29, 0.717) is 12.0 Å². The second-order valence-corrected chi connectivity index (χ2v) is 6.25. The molecule has 0 spiro atoms. The first-order valence-corrected chi connectivity index (χ1v) is 7.79. The fraction of sp³-hybridized carbons (Fsp3) is 0.588. The third kappa shape index (κ3) is 2.88. The van der Waals surface area contributed by atoms with Crippen molar-refractivity contribution in [1.82, 2.24) is 10.2 Å². The Hall–Kier alpha value is -1.35. The van der Waals surface area contributed by atoms with E-state index in [4.69, 9.17) is 0 Å². The Morgan fingerprint density at radius 2 is 2.00 bits per heavy atom. The minimum absolute atomic E-state index is 0.0568. The molecule has 0 aromatic heterocycles. The fourth-order valence-electron chi connectivity index (χ4n) is 3.65. The van der Waals surface area contributed by atoms with Crippen molar-refractivity contribution in [3.63, 3.8) is 0 Å². The van der Waals surface area contributed by atoms with Crippen molar-refractivity contribution < 1.29 is 4.79 Å². The summed E-state index contributed by atoms with van der Waals surface area (Å²) in [6.45, 7) is 0.895. The van der Waals surface area contributed by atoms with Crippen LogP contribution in [0.5, 0.6) is 0 Å². The summed E-state index contributed by atoms with van der Waals surface area (Å²) in [6.07, 6.45) is 5.87. The van der Waals surface area contributed by atoms with Gasteiger partial charge in [-0.1, -0.05) is 36.8 Å². The SMILES string of the molecule is CN1CC[C@H](N[C@H]2CCC[C@H]2Cc2ccccc2)C1=O. The number of likely N-dealkylation sites (tertiary alicyclic amines) is 1. The van der Waals surface area contributed by atoms with Crippen LogP contribution in [0.2, 0.25) is 0 Å². The number of rotatable bonds is 4. The van der Waals surface area contributed by atoms with Crippen LogP contribution in [0.4, 0.5) is 0 Å². The van der Waals surface area contributed by atoms with Gasteiger partial charge in [-0.15, -0.1) is 0 Å². The Balaban J connectivity index is 1.60. The number of hydrogen-bond acceptors (Lipinski definition) is 2. The summed E-state index contributed by atoms with van der Waals surface area (Å²) in [5.41, 5.74) is 1.42. The molecule has 1 aliphatic carbocycles. The van der Waals surface area contributed by atoms with Gasteiger partial charge in [-0.3, -0.25) is 4.79 Å². The average molecular weight is 272 g/mol. The number of benzene rings is 1. The van der Waals surface area contributed by atoms with Crippen molar-refractivity contribution in [2.24, 2.45) is 5.92 Å². The average Bonchev–Trinajstić information content (AvgIpc) is 3.02. The van der Waals surface area contributed by atoms with E-state index >= 15 is 0 Å². The zero-order chi connectivity index (χ0) is 13.9. The summed E-state index contributed by atoms with van der Waals surface area (Å²) in [6, 6.07) is 11.3. The van der Waals surface area contributed by atoms with Gasteiger partial charge in [-0.25, -0.2) is 0 Å². The van der Waals surface area contributed by atoms with Gasteiger partial charge in [0.05, 0.1) is 6.04 Å². The van der Waals surface area contributed by atoms with Crippen molar-refractivity contribution >= 4 is 5.91 Å². The predicted octanol–water partition coefficient (Wildman–Crippen LogP) is 2.22. The number of nitrogens with zero attached hydrogens (tertiary/aromatic N) is 1. The van der Waals surface area contributed by atoms with Crippen LogP contribution in [-0.4, -0.2) is 36.5 Å². The van der Waals surface area contributed by atoms with E-state index in [1.54, 1.807) is 0 Å². The molecule has 1 aliphatic heterocycles. The largest absolute Gasteiger partial charge is 0.344 e. The van der Waals surface area contributed by atoms with E-state index in [0.717, 1.165) is 19.4 Å². The molecule has 0 bridgehead atoms. The van der Waals surface area contributed by atoms with Gasteiger partial charge in [0.1, 0.15) is 0 Å². The van der Waals surface area contributed by atoms with Gasteiger partial charge in [-0.2, -0.15) is 0 Å². The normalized spacial score (nSPS) is 30.1. The molecular weight excluding hydrogens is 248 g/mol. The molecule has 3 rings (SSSR count). The van der Waals surface area contributed by atoms with Crippen LogP contribution in [0.25, 0.3) is 0 Å². The molecule has 1 saturated heterocycles. The Morgan fingerprint density at radius 3 is 2.70 bits per heavy atom. The first-order chi connectivity index (χ1) is 9.74. The lowest BCUT2D eigenvalue weighted by Crippen LogP contribution is -2.44. The van der Waals surface area contributed by atoms with Gasteiger partial charge in [0.25, 0.3) is 0 Å². The van der Waals surface area contributed by atoms with Crippen LogP contribution < -0.4 is 5.32 Å². The lowest BCUT2D eigenvalue weighted by molar-refractivity contribution is -0.128. The van der Waals surface area contributed by atoms with E-state index in [2.05, 4.69) is 35.6 Å². The Kier molecular flexibility index (Phi) is 4.06. The van der Waals surface area contributed by atoms with Crippen molar-refractivity contribution in [2.75, 3.05) is 13.6 Å². The summed E-state index contributed by atoms with van der Waals surface area (Å²) in [4.78, 5) is 13.9. The highest BCUT2D eigenvalue weighted by atomic mass is 16.2. The summed E-state index contributed by atoms with van der Waals surface area (Å²) >= 11 is 0. The summed E-state index contributed by atoms with van der Waals surface area (Å²) in [5.74, 6) is 0.950. The second kappa shape index (κ2) is 5.96. The molecule has 20 heavy (non-hydrogen) atoms. The van der Waals surface area contributed by atoms with E-state index in [9.17, 15) is 4.79 Å². The van der Waals surface area contributed by atoms with Crippen LogP contribution in [0.15, 0.2) is 30.3 Å². The molecule has 1 amide bonds. The maximum absolute atomic E-state index is 12.0. The highest BCUT2D eigenvalue weighted by Gasteiger charge is 2.34. The summed E-state index contributed by atoms with van der Waals surface area (Å²) in [7, 11) is 1.90. The van der Waals surface area contributed by atoms with Crippen LogP contribution in [0, 0.1) is 5.92 Å². The van der Waals surface area contributed by atoms with Crippen LogP contribution in [0.3, 0.4) is 0 Å². The standard InChI is InChI=1S/C17H24N2O/c1-19-11-10-16(17(19)20)18-15-9-5-8-14(15)12-13-6-3-2-4-7-13/h2-4,6-7,14-16,18H,5,8-12H2,1H3/t14-,15-,16-/m0/s1. The number of likely N-dealkylation sites (N-methyl/N-ethyl adjacent to an activating group) is 1. The molecule has 1 aromatic rings. The van der Waals surface area contributed by atoms with Crippen molar-refractivity contribution in [1.29, 1.82) is 0 Å². The van der Waals surface area contributed by atoms with Crippen LogP contribution in [0.1, 0.15) is 31.2 Å². The molecule has 108 valence electrons. The smallest absolute Gasteiger partial charge is 0.239 e. The van der Waals surface area contributed by atoms with Gasteiger partial charge < -0.3 is 10.2 Å². The fourth-order valence-corrected chi connectivity index (χ4v) is 3.65. The molecule has 1 heterocycles. The number of hydrogen-bond donors (Lipinski definition) is 1. The third-order valence-corrected chi connectivity index (χ3v) is 4.84. The molecule has 0 radical (unpaired) electrons. The van der Waals surface area contributed by atoms with Gasteiger partial charge in [0.15, 0.2) is 0 Å². The van der Waals surface area contributed by atoms with E-state index < -0.39 is 0 Å². The predicted molar refractivity (Wildman–Crippen MR) is 80.5 cm³/mol. The molecule has 1 N–H and O–H groups in total. The zero-order valence-corrected chi connectivity index (χ0v) is 12.2. The second-order valence-electron chi connectivity index (χ2n) is 6.25. The van der Waals surface area contributed by atoms with Crippen LogP contribution >= 0.6 is 0 Å². The Bertz CT molecular complexity index is 459. The first-order valence-electron chi connectivity index (χ1n) is 7.79. The van der Waals surface area contributed by atoms with Gasteiger partial charge in [0, 0.05) is 19.6 Å². The maximum atomic E-state index is 12.0. The number of carbonyl (C=O) groups excluding carboxylic acids is 1. The monoisotopic (exact) mass is 272 g/mol. The van der Waals surface area contributed by atoms with E-state index in [1.165, 1.54) is 24.8 Å². The lowest BCUT2D eigenvalue weighted by Gasteiger charge is -2.24. The Labute approximate surface area is 121 Å². The molecule has 2 aliphatic rings. The summed E-state index contributed by atoms with van der Waals surface area (Å²) < 4.78 is 0. The first kappa shape index (κ1) is 13.6. The van der Waals surface area contributed by atoms with Gasteiger partial charge in [-0.05, 0) is 37.2 Å². The van der Waals surface area contributed by atoms with Gasteiger partial charge in [0.2, 0.25) is 5.91 Å². The van der Waals surface area contributed by atoms with Crippen molar-refractivity contribution in [3.05, 3.63) is 35.9 Å².